The number of carbonyl (C=O) groups is 13. The van der Waals surface area contributed by atoms with Gasteiger partial charge in [-0.2, -0.15) is 4.98 Å². The van der Waals surface area contributed by atoms with E-state index in [4.69, 9.17) is 26.3 Å². The van der Waals surface area contributed by atoms with E-state index in [2.05, 4.69) is 38.5 Å². The van der Waals surface area contributed by atoms with E-state index in [9.17, 15) is 48.3 Å². The third-order valence-corrected chi connectivity index (χ3v) is 23.1. The minimum atomic E-state index is -1.82. The van der Waals surface area contributed by atoms with Crippen molar-refractivity contribution in [1.82, 2.24) is 75.8 Å². The molecular formula is C86H133ClFN17O15. The molecule has 666 valence electrons. The Morgan fingerprint density at radius 2 is 1.15 bits per heavy atom. The van der Waals surface area contributed by atoms with Gasteiger partial charge in [0.2, 0.25) is 82.7 Å². The molecule has 4 heterocycles. The highest BCUT2D eigenvalue weighted by Gasteiger charge is 2.46. The Labute approximate surface area is 712 Å². The van der Waals surface area contributed by atoms with Crippen molar-refractivity contribution in [3.63, 3.8) is 0 Å². The summed E-state index contributed by atoms with van der Waals surface area (Å²) in [6.07, 6.45) is 0.0233. The molecule has 2 fully saturated rings. The van der Waals surface area contributed by atoms with Crippen LogP contribution < -0.4 is 41.5 Å². The van der Waals surface area contributed by atoms with Crippen LogP contribution >= 0.6 is 11.6 Å². The molecule has 12 atom stereocenters. The molecular weight excluding hydrogens is 1570 g/mol. The van der Waals surface area contributed by atoms with E-state index in [1.165, 1.54) is 99.8 Å². The van der Waals surface area contributed by atoms with Crippen LogP contribution in [0.15, 0.2) is 36.9 Å². The van der Waals surface area contributed by atoms with Crippen molar-refractivity contribution >= 4 is 111 Å². The first-order valence-corrected chi connectivity index (χ1v) is 42.4. The Morgan fingerprint density at radius 3 is 1.71 bits per heavy atom. The molecule has 2 unspecified atom stereocenters. The maximum absolute atomic E-state index is 15.8. The number of likely N-dealkylation sites (N-methyl/N-ethyl adjacent to an activating group) is 7. The van der Waals surface area contributed by atoms with E-state index >= 15 is 23.6 Å². The fourth-order valence-electron chi connectivity index (χ4n) is 15.7. The third-order valence-electron chi connectivity index (χ3n) is 22.8. The van der Waals surface area contributed by atoms with E-state index in [1.54, 1.807) is 64.6 Å². The smallest absolute Gasteiger partial charge is 0.246 e. The number of aliphatic hydroxyl groups excluding tert-OH is 1. The molecule has 2 saturated heterocycles. The number of ether oxygens (including phenoxy) is 1. The molecule has 7 N–H and O–H groups in total. The van der Waals surface area contributed by atoms with E-state index in [0.29, 0.717) is 66.2 Å². The maximum atomic E-state index is 15.8. The highest BCUT2D eigenvalue weighted by atomic mass is 35.5. The summed E-state index contributed by atoms with van der Waals surface area (Å²) in [5.41, 5.74) is 1.72. The van der Waals surface area contributed by atoms with Gasteiger partial charge in [0.25, 0.3) is 0 Å². The van der Waals surface area contributed by atoms with Crippen LogP contribution in [-0.4, -0.2) is 299 Å². The van der Waals surface area contributed by atoms with Gasteiger partial charge in [-0.05, 0) is 124 Å². The highest BCUT2D eigenvalue weighted by molar-refractivity contribution is 6.35. The van der Waals surface area contributed by atoms with Gasteiger partial charge in [0, 0.05) is 117 Å². The lowest BCUT2D eigenvalue weighted by Gasteiger charge is -2.41. The fourth-order valence-corrected chi connectivity index (χ4v) is 16.0. The minimum absolute atomic E-state index is 0.00900. The predicted molar refractivity (Wildman–Crippen MR) is 458 cm³/mol. The summed E-state index contributed by atoms with van der Waals surface area (Å²) in [6, 6.07) is -6.99. The Kier molecular flexibility index (Phi) is 36.4. The van der Waals surface area contributed by atoms with Crippen molar-refractivity contribution in [2.45, 2.75) is 229 Å². The zero-order valence-corrected chi connectivity index (χ0v) is 75.4. The van der Waals surface area contributed by atoms with E-state index in [-0.39, 0.29) is 111 Å². The Balaban J connectivity index is 1.35. The number of amides is 13. The van der Waals surface area contributed by atoms with Gasteiger partial charge < -0.3 is 85.8 Å². The van der Waals surface area contributed by atoms with Gasteiger partial charge in [0.05, 0.1) is 30.3 Å². The number of halogens is 2. The molecule has 0 radical (unpaired) electrons. The van der Waals surface area contributed by atoms with Crippen molar-refractivity contribution < 1.29 is 76.6 Å². The molecule has 2 aromatic carbocycles. The second-order valence-electron chi connectivity index (χ2n) is 34.8. The minimum Gasteiger partial charge on any atom is -0.492 e. The molecule has 1 aromatic heterocycles. The van der Waals surface area contributed by atoms with Crippen molar-refractivity contribution in [1.29, 1.82) is 0 Å². The van der Waals surface area contributed by atoms with Gasteiger partial charge in [-0.15, -0.1) is 0 Å². The molecule has 32 nitrogen and oxygen atoms in total. The van der Waals surface area contributed by atoms with E-state index in [0.717, 1.165) is 9.80 Å². The third kappa shape index (κ3) is 24.7. The number of carbonyl (C=O) groups excluding carboxylic acids is 13. The van der Waals surface area contributed by atoms with Crippen LogP contribution in [0.1, 0.15) is 161 Å². The fraction of sp³-hybridized carbons (Fsp3) is 0.663. The van der Waals surface area contributed by atoms with Crippen LogP contribution in [0.5, 0.6) is 5.75 Å². The first-order valence-electron chi connectivity index (χ1n) is 42.1. The Bertz CT molecular complexity index is 4200. The van der Waals surface area contributed by atoms with Crippen molar-refractivity contribution in [2.75, 3.05) is 112 Å². The lowest BCUT2D eigenvalue weighted by Crippen LogP contribution is -2.63. The molecule has 3 aliphatic heterocycles. The molecule has 0 saturated carbocycles. The highest BCUT2D eigenvalue weighted by Crippen LogP contribution is 2.46. The zero-order chi connectivity index (χ0) is 90.1. The Hall–Kier alpha value is -9.79. The quantitative estimate of drug-likeness (QED) is 0.0612. The SMILES string of the molecule is C=CC(=O)N1CCN(c2nc(NCCC(=O)NCC[C@@H](C)[C@@H](O)[C@H]3C(=O)N[C@@H](CC)C(=O)N(C)CC(=O)N(C)[C@@H](CC(C)C)C(=O)NC(C(C)C)C(=O)N(C)[C@@H](CC(C)C)C(=O)N[C@@H](C)C(=O)N[C@H](C)C(=O)N(C)[C@@H](CC(C)C)C(=O)N(C)C(CC(C)C)C(=O)N(C)[C@@H](C(C)C)C(=O)N3C)nc3c4c(c(Cl)cc23)-c2c(F)cccc2OCC4)CC1. The largest absolute Gasteiger partial charge is 0.492 e. The molecule has 120 heavy (non-hydrogen) atoms. The van der Waals surface area contributed by atoms with Crippen LogP contribution in [0.4, 0.5) is 16.2 Å². The van der Waals surface area contributed by atoms with Crippen LogP contribution in [0, 0.1) is 47.2 Å². The van der Waals surface area contributed by atoms with Gasteiger partial charge >= 0.3 is 0 Å². The van der Waals surface area contributed by atoms with Crippen LogP contribution in [-0.2, 0) is 68.7 Å². The maximum Gasteiger partial charge on any atom is 0.246 e. The Morgan fingerprint density at radius 1 is 0.617 bits per heavy atom. The lowest BCUT2D eigenvalue weighted by atomic mass is 9.91. The molecule has 0 spiro atoms. The summed E-state index contributed by atoms with van der Waals surface area (Å²) in [6.45, 7) is 32.2. The first-order chi connectivity index (χ1) is 56.2. The zero-order valence-electron chi connectivity index (χ0n) is 74.6. The standard InChI is InChI=1S/C86H133ClFN17O15/c1-25-59-81(115)97(18)45-67(108)98(19)60(40-46(3)4)78(112)94-70(50(11)12)84(118)99(20)61(41-47(5)6)77(111)91-53(16)76(110)92-54(17)80(114)100(21)62(42-48(7)8)82(116)101(22)63(43-49(9)10)83(117)102(23)72(51(13)14)85(119)103(24)73(79(113)93-59)74(109)52(15)30-33-89-65(106)31-34-90-86-95-71-55-32-39-120-64-29-27-28-58(88)69(64)68(55)57(87)44-56(71)75(96-86)105-37-35-104(36-38-105)66(107)26-2/h26-29,44,46-54,59-63,70,72-74,109H,2,25,30-43,45H2,1,3-24H3,(H,89,106)(H,91,111)(H,92,110)(H,93,113)(H,94,112)(H,90,95,96)/t52-,53+,54-,59+,60+,61+,62+,63?,70?,72+,73+,74-/m1/s1. The summed E-state index contributed by atoms with van der Waals surface area (Å²) in [5.74, 6) is -11.3. The normalized spacial score (nSPS) is 23.5. The number of anilines is 2. The van der Waals surface area contributed by atoms with Crippen molar-refractivity contribution in [3.05, 3.63) is 53.3 Å². The van der Waals surface area contributed by atoms with E-state index < -0.39 is 168 Å². The van der Waals surface area contributed by atoms with E-state index in [1.807, 2.05) is 60.3 Å². The number of hydrogen-bond donors (Lipinski definition) is 7. The number of piperazine rings is 1. The number of nitrogens with zero attached hydrogens (tertiary/aromatic N) is 11. The van der Waals surface area contributed by atoms with Gasteiger partial charge in [-0.3, -0.25) is 62.3 Å². The van der Waals surface area contributed by atoms with Crippen molar-refractivity contribution in [2.24, 2.45) is 41.4 Å². The number of nitrogens with one attached hydrogen (secondary N) is 6. The van der Waals surface area contributed by atoms with Gasteiger partial charge in [-0.1, -0.05) is 121 Å². The predicted octanol–water partition coefficient (Wildman–Crippen LogP) is 5.48. The van der Waals surface area contributed by atoms with Crippen LogP contribution in [0.2, 0.25) is 5.02 Å². The average Bonchev–Trinajstić information content (AvgIpc) is 1.27. The first kappa shape index (κ1) is 99.0. The van der Waals surface area contributed by atoms with Gasteiger partial charge in [-0.25, -0.2) is 9.37 Å². The number of rotatable bonds is 22. The number of fused-ring (bicyclic) bond motifs is 5. The summed E-state index contributed by atoms with van der Waals surface area (Å²) < 4.78 is 21.9. The topological polar surface area (TPSA) is 378 Å². The second-order valence-corrected chi connectivity index (χ2v) is 35.2. The average molecular weight is 1700 g/mol. The number of aliphatic hydroxyl groups is 1. The lowest BCUT2D eigenvalue weighted by molar-refractivity contribution is -0.157. The molecule has 6 rings (SSSR count). The van der Waals surface area contributed by atoms with Crippen molar-refractivity contribution in [3.8, 4) is 16.9 Å². The summed E-state index contributed by atoms with van der Waals surface area (Å²) in [4.78, 5) is 212. The molecule has 0 bridgehead atoms. The molecule has 0 aliphatic carbocycles. The molecule has 3 aromatic rings. The summed E-state index contributed by atoms with van der Waals surface area (Å²) in [7, 11) is 9.67. The molecule has 3 aliphatic rings. The summed E-state index contributed by atoms with van der Waals surface area (Å²) in [5, 5.41) is 30.7. The van der Waals surface area contributed by atoms with Crippen LogP contribution in [0.25, 0.3) is 22.0 Å². The number of hydrogen-bond acceptors (Lipinski definition) is 19. The monoisotopic (exact) mass is 1700 g/mol. The number of benzene rings is 2. The summed E-state index contributed by atoms with van der Waals surface area (Å²) >= 11 is 7.08. The van der Waals surface area contributed by atoms with Crippen LogP contribution in [0.3, 0.4) is 0 Å². The second kappa shape index (κ2) is 44.1. The van der Waals surface area contributed by atoms with Gasteiger partial charge in [0.1, 0.15) is 77.8 Å². The number of aromatic nitrogens is 2. The molecule has 34 heteroatoms. The van der Waals surface area contributed by atoms with Gasteiger partial charge in [0.15, 0.2) is 0 Å². The molecule has 13 amide bonds.